The summed E-state index contributed by atoms with van der Waals surface area (Å²) in [5.41, 5.74) is 0. The number of halogens is 6. The van der Waals surface area contributed by atoms with Crippen molar-refractivity contribution in [2.45, 2.75) is 32.8 Å². The Balaban J connectivity index is -0.00000107. The van der Waals surface area contributed by atoms with Gasteiger partial charge >= 0.3 is 68.6 Å². The van der Waals surface area contributed by atoms with E-state index in [1.807, 2.05) is 0 Å². The Kier molecular flexibility index (Phi) is 19.6. The van der Waals surface area contributed by atoms with Gasteiger partial charge in [-0.1, -0.05) is 13.3 Å². The molecule has 2 amide bonds. The van der Waals surface area contributed by atoms with Crippen LogP contribution in [0.3, 0.4) is 0 Å². The van der Waals surface area contributed by atoms with E-state index in [-0.39, 0.29) is 13.3 Å². The van der Waals surface area contributed by atoms with Crippen LogP contribution < -0.4 is 10.6 Å². The number of carbonyl (C=O) groups is 2. The number of hydrogen-bond donors (Lipinski definition) is 3. The molecule has 0 aromatic heterocycles. The third-order valence-electron chi connectivity index (χ3n) is 2.31. The van der Waals surface area contributed by atoms with Gasteiger partial charge in [0, 0.05) is 0 Å². The molecule has 172 valence electrons. The third-order valence-corrected chi connectivity index (χ3v) is 2.31. The number of nitrogens with zero attached hydrogens (tertiary/aromatic N) is 3. The van der Waals surface area contributed by atoms with Crippen molar-refractivity contribution >= 4 is 33.2 Å². The van der Waals surface area contributed by atoms with Gasteiger partial charge in [0.25, 0.3) is 0 Å². The molecule has 0 aliphatic rings. The molecule has 0 aliphatic carbocycles. The molecule has 0 atom stereocenters. The Morgan fingerprint density at radius 2 is 1.17 bits per heavy atom. The normalized spacial score (nSPS) is 10.4. The average molecular weight is 449 g/mol. The zero-order chi connectivity index (χ0) is 24.4. The van der Waals surface area contributed by atoms with E-state index >= 15 is 0 Å². The second-order valence-corrected chi connectivity index (χ2v) is 4.75. The summed E-state index contributed by atoms with van der Waals surface area (Å²) in [5, 5.41) is 19.3. The Morgan fingerprint density at radius 1 is 0.900 bits per heavy atom. The predicted molar refractivity (Wildman–Crippen MR) is 94.9 cm³/mol. The summed E-state index contributed by atoms with van der Waals surface area (Å²) in [6.07, 6.45) is -10.1. The molecule has 0 fully saturated rings. The van der Waals surface area contributed by atoms with Crippen LogP contribution in [0.5, 0.6) is 0 Å². The Bertz CT molecular complexity index is 473. The Hall–Kier alpha value is -1.85. The molecule has 30 heavy (non-hydrogen) atoms. The summed E-state index contributed by atoms with van der Waals surface area (Å²) in [4.78, 5) is 22.0. The number of rotatable bonds is 9. The molecular formula is C11H20B3F6N5O5-2. The van der Waals surface area contributed by atoms with Crippen molar-refractivity contribution in [3.63, 3.8) is 0 Å². The van der Waals surface area contributed by atoms with Crippen LogP contribution in [-0.4, -0.2) is 82.0 Å². The maximum atomic E-state index is 11.9. The summed E-state index contributed by atoms with van der Waals surface area (Å²) in [6, 6.07) is 0. The summed E-state index contributed by atoms with van der Waals surface area (Å²) >= 11 is 0. The van der Waals surface area contributed by atoms with Crippen LogP contribution in [0.15, 0.2) is 0 Å². The molecule has 0 aromatic carbocycles. The summed E-state index contributed by atoms with van der Waals surface area (Å²) in [5.74, 6) is -4.37. The minimum atomic E-state index is -5.05. The molecule has 10 nitrogen and oxygen atoms in total. The molecule has 0 heterocycles. The zero-order valence-corrected chi connectivity index (χ0v) is 16.3. The maximum absolute atomic E-state index is 11.9. The van der Waals surface area contributed by atoms with E-state index in [4.69, 9.17) is 9.41 Å². The molecule has 0 rings (SSSR count). The van der Waals surface area contributed by atoms with Crippen LogP contribution in [-0.2, 0) is 19.0 Å². The van der Waals surface area contributed by atoms with E-state index < -0.39 is 44.6 Å². The summed E-state index contributed by atoms with van der Waals surface area (Å²) in [7, 11) is 0.328. The summed E-state index contributed by atoms with van der Waals surface area (Å²) < 4.78 is 88.9. The van der Waals surface area contributed by atoms with Crippen LogP contribution in [0.2, 0.25) is 20.5 Å². The molecular weight excluding hydrogens is 429 g/mol. The molecule has 3 N–H and O–H groups in total. The van der Waals surface area contributed by atoms with Crippen molar-refractivity contribution in [2.24, 2.45) is 0 Å². The fourth-order valence-corrected chi connectivity index (χ4v) is 1.09. The third kappa shape index (κ3) is 20.9. The van der Waals surface area contributed by atoms with Gasteiger partial charge < -0.3 is 31.1 Å². The number of nitrogens with one attached hydrogen (secondary N) is 2. The van der Waals surface area contributed by atoms with Gasteiger partial charge in [0.1, 0.15) is 0 Å². The van der Waals surface area contributed by atoms with E-state index in [2.05, 4.69) is 10.6 Å². The van der Waals surface area contributed by atoms with Gasteiger partial charge in [0.2, 0.25) is 0 Å². The van der Waals surface area contributed by atoms with E-state index in [1.165, 1.54) is 31.1 Å². The van der Waals surface area contributed by atoms with Crippen molar-refractivity contribution < 1.29 is 50.4 Å². The molecule has 0 saturated heterocycles. The van der Waals surface area contributed by atoms with Crippen LogP contribution in [0.25, 0.3) is 10.6 Å². The van der Waals surface area contributed by atoms with E-state index in [0.29, 0.717) is 0 Å². The van der Waals surface area contributed by atoms with E-state index in [1.54, 1.807) is 0 Å². The van der Waals surface area contributed by atoms with Gasteiger partial charge in [-0.2, -0.15) is 26.3 Å². The van der Waals surface area contributed by atoms with Crippen molar-refractivity contribution in [2.75, 3.05) is 26.7 Å². The number of carbonyl (C=O) groups excluding carboxylic acids is 2. The first-order valence-electron chi connectivity index (χ1n) is 7.87. The molecule has 0 spiro atoms. The Labute approximate surface area is 170 Å². The van der Waals surface area contributed by atoms with Crippen molar-refractivity contribution in [3.05, 3.63) is 10.6 Å². The van der Waals surface area contributed by atoms with Gasteiger partial charge in [-0.25, -0.2) is 0 Å². The Morgan fingerprint density at radius 3 is 1.37 bits per heavy atom. The summed E-state index contributed by atoms with van der Waals surface area (Å²) in [6.45, 7) is 2.06. The van der Waals surface area contributed by atoms with Crippen LogP contribution in [0.1, 0.15) is 0 Å². The zero-order valence-electron chi connectivity index (χ0n) is 16.3. The molecule has 0 radical (unpaired) electrons. The first kappa shape index (κ1) is 32.8. The minimum absolute atomic E-state index is 0.355. The van der Waals surface area contributed by atoms with Crippen LogP contribution in [0, 0.1) is 0 Å². The molecule has 0 unspecified atom stereocenters. The molecule has 0 aromatic rings. The molecule has 0 saturated carbocycles. The van der Waals surface area contributed by atoms with Gasteiger partial charge in [-0.3, -0.25) is 9.59 Å². The number of alkyl halides is 6. The van der Waals surface area contributed by atoms with E-state index in [9.17, 15) is 41.0 Å². The fourth-order valence-electron chi connectivity index (χ4n) is 1.09. The van der Waals surface area contributed by atoms with Gasteiger partial charge in [-0.15, -0.1) is 13.3 Å². The standard InChI is InChI=1S/C9H14BF6N5O3.2CH3BO/c1-10(24)21(4-17-2-19-6(22)8(11,12)13)5-18-3-20-7(23)9(14,15)16;2*1-2-3/h24H,2-5H2,1H3,(H,19,22)(H,20,23);2*1H3/q-2;;. The van der Waals surface area contributed by atoms with E-state index in [0.717, 1.165) is 19.1 Å². The van der Waals surface area contributed by atoms with Crippen molar-refractivity contribution in [3.8, 4) is 0 Å². The number of amides is 2. The molecule has 0 bridgehead atoms. The number of hydrogen-bond acceptors (Lipinski definition) is 6. The average Bonchev–Trinajstić information content (AvgIpc) is 2.59. The van der Waals surface area contributed by atoms with Crippen LogP contribution in [0.4, 0.5) is 26.3 Å². The first-order chi connectivity index (χ1) is 13.7. The first-order valence-corrected chi connectivity index (χ1v) is 7.87. The molecule has 19 heteroatoms. The second kappa shape index (κ2) is 18.0. The fraction of sp³-hybridized carbons (Fsp3) is 0.818. The van der Waals surface area contributed by atoms with Gasteiger partial charge in [-0.05, 0) is 6.82 Å². The quantitative estimate of drug-likeness (QED) is 0.266. The monoisotopic (exact) mass is 449 g/mol. The van der Waals surface area contributed by atoms with Gasteiger partial charge in [0.05, 0.1) is 0 Å². The van der Waals surface area contributed by atoms with Crippen molar-refractivity contribution in [1.82, 2.24) is 15.4 Å². The predicted octanol–water partition coefficient (Wildman–Crippen LogP) is 0.501. The van der Waals surface area contributed by atoms with Gasteiger partial charge in [0.15, 0.2) is 0 Å². The second-order valence-electron chi connectivity index (χ2n) is 4.75. The SMILES string of the molecule is CB(O)N(C[N-]CNC(=O)C(F)(F)F)C[N-]CNC(=O)C(F)(F)F.CB=O.CB=O. The van der Waals surface area contributed by atoms with Crippen molar-refractivity contribution in [1.29, 1.82) is 0 Å². The molecule has 0 aliphatic heterocycles. The van der Waals surface area contributed by atoms with Crippen LogP contribution >= 0.6 is 0 Å². The topological polar surface area (TPSA) is 144 Å².